The van der Waals surface area contributed by atoms with E-state index in [1.807, 2.05) is 24.3 Å². The predicted octanol–water partition coefficient (Wildman–Crippen LogP) is 4.51. The SMILES string of the molecule is O=C1C=CC(=O)N1c1cccc(CCCN2CC[C@]34CCCC[C@H]3[C@H]2Cc2ccc(O)cc24)c1. The van der Waals surface area contributed by atoms with Crippen molar-refractivity contribution in [3.8, 4) is 5.75 Å². The van der Waals surface area contributed by atoms with Gasteiger partial charge in [0, 0.05) is 23.6 Å². The lowest BCUT2D eigenvalue weighted by Gasteiger charge is -2.59. The topological polar surface area (TPSA) is 60.9 Å². The molecule has 1 saturated carbocycles. The lowest BCUT2D eigenvalue weighted by molar-refractivity contribution is -0.119. The number of nitrogens with zero attached hydrogens (tertiary/aromatic N) is 2. The molecule has 0 unspecified atom stereocenters. The van der Waals surface area contributed by atoms with Crippen molar-refractivity contribution in [1.29, 1.82) is 0 Å². The zero-order chi connectivity index (χ0) is 23.3. The van der Waals surface area contributed by atoms with Gasteiger partial charge in [0.05, 0.1) is 5.69 Å². The molecule has 5 nitrogen and oxygen atoms in total. The van der Waals surface area contributed by atoms with E-state index in [0.29, 0.717) is 23.4 Å². The van der Waals surface area contributed by atoms with Gasteiger partial charge in [-0.05, 0) is 98.5 Å². The number of likely N-dealkylation sites (tertiary alicyclic amines) is 1. The minimum Gasteiger partial charge on any atom is -0.508 e. The van der Waals surface area contributed by atoms with Crippen molar-refractivity contribution in [1.82, 2.24) is 4.90 Å². The van der Waals surface area contributed by atoms with Crippen LogP contribution in [0.1, 0.15) is 55.2 Å². The van der Waals surface area contributed by atoms with Crippen molar-refractivity contribution in [2.75, 3.05) is 18.0 Å². The monoisotopic (exact) mass is 456 g/mol. The van der Waals surface area contributed by atoms with Gasteiger partial charge in [-0.25, -0.2) is 4.90 Å². The minimum atomic E-state index is -0.266. The maximum absolute atomic E-state index is 12.0. The van der Waals surface area contributed by atoms with Crippen LogP contribution >= 0.6 is 0 Å². The van der Waals surface area contributed by atoms with E-state index < -0.39 is 0 Å². The predicted molar refractivity (Wildman–Crippen MR) is 132 cm³/mol. The Morgan fingerprint density at radius 2 is 1.85 bits per heavy atom. The molecule has 2 bridgehead atoms. The number of benzene rings is 2. The highest BCUT2D eigenvalue weighted by Gasteiger charge is 2.53. The smallest absolute Gasteiger partial charge is 0.258 e. The van der Waals surface area contributed by atoms with Crippen LogP contribution in [0.15, 0.2) is 54.6 Å². The first-order chi connectivity index (χ1) is 16.5. The Labute approximate surface area is 201 Å². The van der Waals surface area contributed by atoms with E-state index in [0.717, 1.165) is 32.4 Å². The average Bonchev–Trinajstić information content (AvgIpc) is 3.19. The lowest BCUT2D eigenvalue weighted by Crippen LogP contribution is -2.61. The zero-order valence-corrected chi connectivity index (χ0v) is 19.6. The number of fused-ring (bicyclic) bond motifs is 1. The summed E-state index contributed by atoms with van der Waals surface area (Å²) in [5, 5.41) is 10.2. The number of imide groups is 1. The molecule has 5 heteroatoms. The number of aromatic hydroxyl groups is 1. The first-order valence-corrected chi connectivity index (χ1v) is 12.8. The van der Waals surface area contributed by atoms with E-state index in [4.69, 9.17) is 0 Å². The van der Waals surface area contributed by atoms with E-state index in [1.165, 1.54) is 65.8 Å². The van der Waals surface area contributed by atoms with Gasteiger partial charge in [-0.2, -0.15) is 0 Å². The van der Waals surface area contributed by atoms with Crippen LogP contribution in [0, 0.1) is 5.92 Å². The standard InChI is InChI=1S/C29H32N2O3/c32-23-10-9-21-18-26-24-8-1-2-13-29(24,25(21)19-23)14-16-30(26)15-4-6-20-5-3-7-22(17-20)31-27(33)11-12-28(31)34/h3,5,7,9-12,17,19,24,26,32H,1-2,4,6,8,13-16,18H2/t24-,26+,29+/m0/s1. The summed E-state index contributed by atoms with van der Waals surface area (Å²) in [5.74, 6) is 0.565. The number of amides is 2. The highest BCUT2D eigenvalue weighted by Crippen LogP contribution is 2.56. The fourth-order valence-corrected chi connectivity index (χ4v) is 7.34. The van der Waals surface area contributed by atoms with Crippen LogP contribution in [0.3, 0.4) is 0 Å². The number of piperidine rings is 1. The summed E-state index contributed by atoms with van der Waals surface area (Å²) in [6, 6.07) is 14.5. The van der Waals surface area contributed by atoms with Crippen molar-refractivity contribution in [3.05, 3.63) is 71.3 Å². The second-order valence-corrected chi connectivity index (χ2v) is 10.5. The van der Waals surface area contributed by atoms with Crippen LogP contribution in [-0.4, -0.2) is 41.0 Å². The van der Waals surface area contributed by atoms with E-state index in [-0.39, 0.29) is 17.2 Å². The van der Waals surface area contributed by atoms with E-state index in [1.54, 1.807) is 0 Å². The van der Waals surface area contributed by atoms with E-state index in [2.05, 4.69) is 23.1 Å². The summed E-state index contributed by atoms with van der Waals surface area (Å²) in [7, 11) is 0. The summed E-state index contributed by atoms with van der Waals surface area (Å²) >= 11 is 0. The van der Waals surface area contributed by atoms with Gasteiger partial charge < -0.3 is 5.11 Å². The molecule has 1 N–H and O–H groups in total. The van der Waals surface area contributed by atoms with Gasteiger partial charge in [-0.15, -0.1) is 0 Å². The molecule has 2 aromatic rings. The summed E-state index contributed by atoms with van der Waals surface area (Å²) in [4.78, 5) is 28.0. The van der Waals surface area contributed by atoms with E-state index in [9.17, 15) is 14.7 Å². The molecule has 0 radical (unpaired) electrons. The molecule has 0 aromatic heterocycles. The number of phenolic OH excluding ortho intramolecular Hbond substituents is 1. The number of hydrogen-bond donors (Lipinski definition) is 1. The third kappa shape index (κ3) is 3.49. The minimum absolute atomic E-state index is 0.253. The molecular weight excluding hydrogens is 424 g/mol. The van der Waals surface area contributed by atoms with Crippen LogP contribution < -0.4 is 4.90 Å². The average molecular weight is 457 g/mol. The molecular formula is C29H32N2O3. The molecule has 3 atom stereocenters. The zero-order valence-electron chi connectivity index (χ0n) is 19.6. The van der Waals surface area contributed by atoms with Gasteiger partial charge in [-0.3, -0.25) is 14.5 Å². The summed E-state index contributed by atoms with van der Waals surface area (Å²) in [6.07, 6.45) is 12.1. The second kappa shape index (κ2) is 8.38. The third-order valence-electron chi connectivity index (χ3n) is 8.82. The molecule has 1 saturated heterocycles. The van der Waals surface area contributed by atoms with Gasteiger partial charge in [0.1, 0.15) is 5.75 Å². The number of rotatable bonds is 5. The highest BCUT2D eigenvalue weighted by molar-refractivity contribution is 6.28. The Hall–Kier alpha value is -2.92. The van der Waals surface area contributed by atoms with E-state index >= 15 is 0 Å². The first kappa shape index (κ1) is 21.6. The molecule has 2 heterocycles. The van der Waals surface area contributed by atoms with Crippen LogP contribution in [-0.2, 0) is 27.8 Å². The lowest BCUT2D eigenvalue weighted by atomic mass is 9.52. The maximum atomic E-state index is 12.0. The Kier molecular flexibility index (Phi) is 5.33. The third-order valence-corrected chi connectivity index (χ3v) is 8.82. The van der Waals surface area contributed by atoms with Gasteiger partial charge >= 0.3 is 0 Å². The number of hydrogen-bond acceptors (Lipinski definition) is 4. The Balaban J connectivity index is 1.16. The van der Waals surface area contributed by atoms with Gasteiger partial charge in [0.2, 0.25) is 0 Å². The number of aryl methyl sites for hydroxylation is 1. The quantitative estimate of drug-likeness (QED) is 0.673. The summed E-state index contributed by atoms with van der Waals surface area (Å²) in [6.45, 7) is 2.19. The molecule has 4 aliphatic rings. The number of carbonyl (C=O) groups excluding carboxylic acids is 2. The molecule has 2 aliphatic carbocycles. The normalized spacial score (nSPS) is 28.2. The molecule has 6 rings (SSSR count). The van der Waals surface area contributed by atoms with Crippen molar-refractivity contribution >= 4 is 17.5 Å². The number of carbonyl (C=O) groups is 2. The summed E-state index contributed by atoms with van der Waals surface area (Å²) in [5.41, 5.74) is 4.95. The first-order valence-electron chi connectivity index (χ1n) is 12.8. The summed E-state index contributed by atoms with van der Waals surface area (Å²) < 4.78 is 0. The van der Waals surface area contributed by atoms with Crippen molar-refractivity contribution in [2.24, 2.45) is 5.92 Å². The fraction of sp³-hybridized carbons (Fsp3) is 0.448. The maximum Gasteiger partial charge on any atom is 0.258 e. The molecule has 2 amide bonds. The highest BCUT2D eigenvalue weighted by atomic mass is 16.3. The van der Waals surface area contributed by atoms with Crippen molar-refractivity contribution < 1.29 is 14.7 Å². The Morgan fingerprint density at radius 1 is 1.00 bits per heavy atom. The van der Waals surface area contributed by atoms with Gasteiger partial charge in [0.15, 0.2) is 0 Å². The van der Waals surface area contributed by atoms with Crippen LogP contribution in [0.5, 0.6) is 5.75 Å². The molecule has 34 heavy (non-hydrogen) atoms. The Morgan fingerprint density at radius 3 is 2.71 bits per heavy atom. The Bertz CT molecular complexity index is 1150. The van der Waals surface area contributed by atoms with Crippen LogP contribution in [0.4, 0.5) is 5.69 Å². The van der Waals surface area contributed by atoms with Crippen LogP contribution in [0.2, 0.25) is 0 Å². The van der Waals surface area contributed by atoms with Crippen molar-refractivity contribution in [2.45, 2.75) is 62.8 Å². The molecule has 0 spiro atoms. The fourth-order valence-electron chi connectivity index (χ4n) is 7.34. The molecule has 2 fully saturated rings. The number of phenols is 1. The van der Waals surface area contributed by atoms with Crippen LogP contribution in [0.25, 0.3) is 0 Å². The van der Waals surface area contributed by atoms with Gasteiger partial charge in [0.25, 0.3) is 11.8 Å². The molecule has 2 aliphatic heterocycles. The molecule has 2 aromatic carbocycles. The molecule has 176 valence electrons. The van der Waals surface area contributed by atoms with Gasteiger partial charge in [-0.1, -0.05) is 31.0 Å². The van der Waals surface area contributed by atoms with Crippen molar-refractivity contribution in [3.63, 3.8) is 0 Å². The largest absolute Gasteiger partial charge is 0.508 e. The second-order valence-electron chi connectivity index (χ2n) is 10.5. The number of anilines is 1.